The van der Waals surface area contributed by atoms with Crippen LogP contribution in [0.15, 0.2) is 24.3 Å². The van der Waals surface area contributed by atoms with E-state index < -0.39 is 5.54 Å². The van der Waals surface area contributed by atoms with Crippen LogP contribution in [0, 0.1) is 17.1 Å². The van der Waals surface area contributed by atoms with E-state index in [0.717, 1.165) is 0 Å². The Labute approximate surface area is 93.9 Å². The molecule has 0 saturated carbocycles. The van der Waals surface area contributed by atoms with Gasteiger partial charge in [-0.2, -0.15) is 5.26 Å². The van der Waals surface area contributed by atoms with Crippen molar-refractivity contribution in [2.75, 3.05) is 0 Å². The standard InChI is InChI=1S/C12H13FN2O/c1-9(16)15-12(2,8-14)7-10-5-3-4-6-11(10)13/h3-6H,7H2,1-2H3,(H,15,16). The molecule has 0 aliphatic rings. The first kappa shape index (κ1) is 12.2. The second-order valence-corrected chi connectivity index (χ2v) is 3.89. The van der Waals surface area contributed by atoms with Gasteiger partial charge in [-0.25, -0.2) is 4.39 Å². The first-order valence-corrected chi connectivity index (χ1v) is 4.90. The number of amides is 1. The highest BCUT2D eigenvalue weighted by Gasteiger charge is 2.26. The molecule has 0 heterocycles. The van der Waals surface area contributed by atoms with Crippen molar-refractivity contribution in [2.45, 2.75) is 25.8 Å². The van der Waals surface area contributed by atoms with Crippen LogP contribution in [0.2, 0.25) is 0 Å². The summed E-state index contributed by atoms with van der Waals surface area (Å²) in [6.45, 7) is 2.90. The predicted molar refractivity (Wildman–Crippen MR) is 57.9 cm³/mol. The normalized spacial score (nSPS) is 13.6. The van der Waals surface area contributed by atoms with Gasteiger partial charge >= 0.3 is 0 Å². The molecular weight excluding hydrogens is 207 g/mol. The Morgan fingerprint density at radius 2 is 2.19 bits per heavy atom. The van der Waals surface area contributed by atoms with E-state index in [1.807, 2.05) is 6.07 Å². The molecule has 1 atom stereocenters. The van der Waals surface area contributed by atoms with Crippen molar-refractivity contribution in [2.24, 2.45) is 0 Å². The van der Waals surface area contributed by atoms with Crippen molar-refractivity contribution in [3.05, 3.63) is 35.6 Å². The Hall–Kier alpha value is -1.89. The van der Waals surface area contributed by atoms with Gasteiger partial charge in [0, 0.05) is 13.3 Å². The molecule has 0 radical (unpaired) electrons. The van der Waals surface area contributed by atoms with Gasteiger partial charge in [0.1, 0.15) is 11.4 Å². The molecule has 1 N–H and O–H groups in total. The van der Waals surface area contributed by atoms with E-state index in [2.05, 4.69) is 5.32 Å². The first-order valence-electron chi connectivity index (χ1n) is 4.90. The smallest absolute Gasteiger partial charge is 0.218 e. The summed E-state index contributed by atoms with van der Waals surface area (Å²) in [4.78, 5) is 10.9. The van der Waals surface area contributed by atoms with Crippen molar-refractivity contribution in [1.82, 2.24) is 5.32 Å². The molecular formula is C12H13FN2O. The highest BCUT2D eigenvalue weighted by atomic mass is 19.1. The van der Waals surface area contributed by atoms with E-state index in [1.54, 1.807) is 25.1 Å². The van der Waals surface area contributed by atoms with E-state index in [0.29, 0.717) is 5.56 Å². The lowest BCUT2D eigenvalue weighted by Crippen LogP contribution is -2.45. The van der Waals surface area contributed by atoms with Gasteiger partial charge in [0.2, 0.25) is 5.91 Å². The van der Waals surface area contributed by atoms with Crippen molar-refractivity contribution < 1.29 is 9.18 Å². The molecule has 0 saturated heterocycles. The van der Waals surface area contributed by atoms with E-state index in [-0.39, 0.29) is 18.1 Å². The van der Waals surface area contributed by atoms with Crippen LogP contribution in [0.5, 0.6) is 0 Å². The highest BCUT2D eigenvalue weighted by molar-refractivity contribution is 5.74. The molecule has 0 aliphatic carbocycles. The third-order valence-electron chi connectivity index (χ3n) is 2.20. The van der Waals surface area contributed by atoms with Gasteiger partial charge in [0.15, 0.2) is 0 Å². The van der Waals surface area contributed by atoms with Gasteiger partial charge in [0.05, 0.1) is 6.07 Å². The number of carbonyl (C=O) groups excluding carboxylic acids is 1. The molecule has 0 spiro atoms. The number of rotatable bonds is 3. The molecule has 0 fully saturated rings. The minimum Gasteiger partial charge on any atom is -0.338 e. The summed E-state index contributed by atoms with van der Waals surface area (Å²) in [7, 11) is 0. The van der Waals surface area contributed by atoms with Crippen LogP contribution in [0.3, 0.4) is 0 Å². The Morgan fingerprint density at radius 1 is 1.56 bits per heavy atom. The Balaban J connectivity index is 2.90. The van der Waals surface area contributed by atoms with Crippen LogP contribution in [0.1, 0.15) is 19.4 Å². The molecule has 16 heavy (non-hydrogen) atoms. The van der Waals surface area contributed by atoms with Crippen LogP contribution in [-0.4, -0.2) is 11.4 Å². The Kier molecular flexibility index (Phi) is 3.62. The maximum absolute atomic E-state index is 13.4. The number of nitrogens with zero attached hydrogens (tertiary/aromatic N) is 1. The van der Waals surface area contributed by atoms with Gasteiger partial charge < -0.3 is 5.32 Å². The van der Waals surface area contributed by atoms with Crippen molar-refractivity contribution in [3.63, 3.8) is 0 Å². The van der Waals surface area contributed by atoms with E-state index in [1.165, 1.54) is 13.0 Å². The zero-order chi connectivity index (χ0) is 12.2. The number of carbonyl (C=O) groups is 1. The summed E-state index contributed by atoms with van der Waals surface area (Å²) >= 11 is 0. The van der Waals surface area contributed by atoms with Gasteiger partial charge in [0.25, 0.3) is 0 Å². The van der Waals surface area contributed by atoms with E-state index in [9.17, 15) is 9.18 Å². The summed E-state index contributed by atoms with van der Waals surface area (Å²) in [6.07, 6.45) is 0.149. The van der Waals surface area contributed by atoms with Crippen LogP contribution >= 0.6 is 0 Å². The summed E-state index contributed by atoms with van der Waals surface area (Å²) in [6, 6.07) is 8.21. The van der Waals surface area contributed by atoms with Crippen LogP contribution < -0.4 is 5.32 Å². The third-order valence-corrected chi connectivity index (χ3v) is 2.20. The minimum atomic E-state index is -1.08. The van der Waals surface area contributed by atoms with Crippen LogP contribution in [0.25, 0.3) is 0 Å². The monoisotopic (exact) mass is 220 g/mol. The fraction of sp³-hybridized carbons (Fsp3) is 0.333. The van der Waals surface area contributed by atoms with Crippen molar-refractivity contribution in [3.8, 4) is 6.07 Å². The number of nitriles is 1. The van der Waals surface area contributed by atoms with Crippen molar-refractivity contribution >= 4 is 5.91 Å². The average molecular weight is 220 g/mol. The SMILES string of the molecule is CC(=O)NC(C)(C#N)Cc1ccccc1F. The topological polar surface area (TPSA) is 52.9 Å². The second kappa shape index (κ2) is 4.75. The van der Waals surface area contributed by atoms with Gasteiger partial charge in [-0.05, 0) is 18.6 Å². The highest BCUT2D eigenvalue weighted by Crippen LogP contribution is 2.15. The maximum Gasteiger partial charge on any atom is 0.218 e. The zero-order valence-corrected chi connectivity index (χ0v) is 9.25. The van der Waals surface area contributed by atoms with Crippen molar-refractivity contribution in [1.29, 1.82) is 5.26 Å². The van der Waals surface area contributed by atoms with E-state index in [4.69, 9.17) is 5.26 Å². The largest absolute Gasteiger partial charge is 0.338 e. The molecule has 1 aromatic rings. The Bertz CT molecular complexity index is 439. The zero-order valence-electron chi connectivity index (χ0n) is 9.25. The molecule has 4 heteroatoms. The lowest BCUT2D eigenvalue weighted by molar-refractivity contribution is -0.120. The number of nitrogens with one attached hydrogen (secondary N) is 1. The van der Waals surface area contributed by atoms with Gasteiger partial charge in [-0.3, -0.25) is 4.79 Å². The molecule has 1 rings (SSSR count). The number of halogens is 1. The summed E-state index contributed by atoms with van der Waals surface area (Å²) in [5.41, 5.74) is -0.658. The fourth-order valence-electron chi connectivity index (χ4n) is 1.52. The summed E-state index contributed by atoms with van der Waals surface area (Å²) in [5.74, 6) is -0.672. The molecule has 0 bridgehead atoms. The summed E-state index contributed by atoms with van der Waals surface area (Å²) < 4.78 is 13.4. The maximum atomic E-state index is 13.4. The molecule has 1 unspecified atom stereocenters. The van der Waals surface area contributed by atoms with Crippen LogP contribution in [0.4, 0.5) is 4.39 Å². The minimum absolute atomic E-state index is 0.149. The molecule has 84 valence electrons. The second-order valence-electron chi connectivity index (χ2n) is 3.89. The van der Waals surface area contributed by atoms with E-state index >= 15 is 0 Å². The van der Waals surface area contributed by atoms with Crippen LogP contribution in [-0.2, 0) is 11.2 Å². The quantitative estimate of drug-likeness (QED) is 0.844. The molecule has 0 aliphatic heterocycles. The third kappa shape index (κ3) is 3.06. The van der Waals surface area contributed by atoms with Gasteiger partial charge in [-0.15, -0.1) is 0 Å². The summed E-state index contributed by atoms with van der Waals surface area (Å²) in [5, 5.41) is 11.5. The number of hydrogen-bond acceptors (Lipinski definition) is 2. The molecule has 0 aromatic heterocycles. The fourth-order valence-corrected chi connectivity index (χ4v) is 1.52. The lowest BCUT2D eigenvalue weighted by Gasteiger charge is -2.22. The molecule has 1 aromatic carbocycles. The number of hydrogen-bond donors (Lipinski definition) is 1. The molecule has 1 amide bonds. The first-order chi connectivity index (χ1) is 7.47. The average Bonchev–Trinajstić information content (AvgIpc) is 2.20. The Morgan fingerprint density at radius 3 is 2.69 bits per heavy atom. The molecule has 3 nitrogen and oxygen atoms in total. The van der Waals surface area contributed by atoms with Gasteiger partial charge in [-0.1, -0.05) is 18.2 Å². The number of benzene rings is 1. The predicted octanol–water partition coefficient (Wildman–Crippen LogP) is 1.79. The lowest BCUT2D eigenvalue weighted by atomic mass is 9.94.